The number of imidazole rings is 1. The lowest BCUT2D eigenvalue weighted by molar-refractivity contribution is -0.120. The van der Waals surface area contributed by atoms with E-state index in [2.05, 4.69) is 50.9 Å². The summed E-state index contributed by atoms with van der Waals surface area (Å²) in [5.74, 6) is 0.229. The topological polar surface area (TPSA) is 67.5 Å². The highest BCUT2D eigenvalue weighted by Gasteiger charge is 2.19. The number of amides is 1. The van der Waals surface area contributed by atoms with Crippen LogP contribution in [-0.4, -0.2) is 85.1 Å². The van der Waals surface area contributed by atoms with Gasteiger partial charge in [-0.1, -0.05) is 13.8 Å². The van der Waals surface area contributed by atoms with Crippen molar-refractivity contribution in [3.05, 3.63) is 23.8 Å². The summed E-state index contributed by atoms with van der Waals surface area (Å²) in [7, 11) is 2.07. The second-order valence-corrected chi connectivity index (χ2v) is 7.35. The molecule has 0 bridgehead atoms. The molecule has 0 saturated carbocycles. The van der Waals surface area contributed by atoms with Gasteiger partial charge in [-0.3, -0.25) is 4.79 Å². The summed E-state index contributed by atoms with van der Waals surface area (Å²) in [6.45, 7) is 11.0. The lowest BCUT2D eigenvalue weighted by atomic mass is 10.2. The minimum absolute atomic E-state index is 0.0778. The summed E-state index contributed by atoms with van der Waals surface area (Å²) >= 11 is 0. The van der Waals surface area contributed by atoms with Crippen LogP contribution in [0.25, 0.3) is 11.0 Å². The van der Waals surface area contributed by atoms with Crippen LogP contribution in [0.4, 0.5) is 10.1 Å². The normalized spacial score (nSPS) is 15.5. The van der Waals surface area contributed by atoms with E-state index in [4.69, 9.17) is 0 Å². The maximum Gasteiger partial charge on any atom is 0.227 e. The number of benzene rings is 1. The number of aromatic nitrogens is 2. The van der Waals surface area contributed by atoms with Gasteiger partial charge in [0.25, 0.3) is 0 Å². The molecule has 3 rings (SSSR count). The molecule has 0 atom stereocenters. The molecule has 2 N–H and O–H groups in total. The summed E-state index contributed by atoms with van der Waals surface area (Å²) in [6, 6.07) is 3.27. The highest BCUT2D eigenvalue weighted by atomic mass is 19.1. The Morgan fingerprint density at radius 1 is 1.25 bits per heavy atom. The van der Waals surface area contributed by atoms with Crippen molar-refractivity contribution in [2.24, 2.45) is 0 Å². The number of nitrogens with zero attached hydrogens (tertiary/aromatic N) is 4. The van der Waals surface area contributed by atoms with Gasteiger partial charge in [-0.25, -0.2) is 9.37 Å². The smallest absolute Gasteiger partial charge is 0.227 e. The molecule has 1 aliphatic rings. The number of aromatic amines is 1. The fourth-order valence-electron chi connectivity index (χ4n) is 3.55. The predicted molar refractivity (Wildman–Crippen MR) is 110 cm³/mol. The standard InChI is InChI=1S/C20H31FN6O/c1-4-26(5-2)7-6-22-20(28)14-19-23-16-12-15(21)18(13-17(16)24-19)27-10-8-25(3)9-11-27/h12-13H,4-11,14H2,1-3H3,(H,22,28)(H,23,24). The van der Waals surface area contributed by atoms with Crippen molar-refractivity contribution < 1.29 is 9.18 Å². The van der Waals surface area contributed by atoms with Crippen LogP contribution in [0.5, 0.6) is 0 Å². The van der Waals surface area contributed by atoms with Gasteiger partial charge in [0.05, 0.1) is 23.1 Å². The molecule has 2 aromatic rings. The first-order valence-corrected chi connectivity index (χ1v) is 10.1. The van der Waals surface area contributed by atoms with Gasteiger partial charge in [0.2, 0.25) is 5.91 Å². The quantitative estimate of drug-likeness (QED) is 0.714. The van der Waals surface area contributed by atoms with Crippen LogP contribution in [0.3, 0.4) is 0 Å². The number of anilines is 1. The van der Waals surface area contributed by atoms with Crippen LogP contribution < -0.4 is 10.2 Å². The van der Waals surface area contributed by atoms with E-state index < -0.39 is 0 Å². The number of rotatable bonds is 8. The van der Waals surface area contributed by atoms with E-state index in [1.54, 1.807) is 6.07 Å². The molecule has 0 aliphatic carbocycles. The lowest BCUT2D eigenvalue weighted by Gasteiger charge is -2.34. The van der Waals surface area contributed by atoms with Gasteiger partial charge in [-0.15, -0.1) is 0 Å². The van der Waals surface area contributed by atoms with Crippen molar-refractivity contribution in [1.82, 2.24) is 25.1 Å². The minimum Gasteiger partial charge on any atom is -0.367 e. The first-order valence-electron chi connectivity index (χ1n) is 10.1. The molecule has 0 radical (unpaired) electrons. The van der Waals surface area contributed by atoms with E-state index >= 15 is 0 Å². The molecule has 1 aliphatic heterocycles. The summed E-state index contributed by atoms with van der Waals surface area (Å²) in [4.78, 5) is 26.3. The summed E-state index contributed by atoms with van der Waals surface area (Å²) < 4.78 is 14.6. The fraction of sp³-hybridized carbons (Fsp3) is 0.600. The first-order chi connectivity index (χ1) is 13.5. The van der Waals surface area contributed by atoms with Crippen molar-refractivity contribution in [2.45, 2.75) is 20.3 Å². The van der Waals surface area contributed by atoms with E-state index in [0.29, 0.717) is 29.1 Å². The third kappa shape index (κ3) is 4.99. The number of carbonyl (C=O) groups is 1. The summed E-state index contributed by atoms with van der Waals surface area (Å²) in [5.41, 5.74) is 1.91. The molecule has 1 fully saturated rings. The monoisotopic (exact) mass is 390 g/mol. The molecule has 0 spiro atoms. The molecule has 1 aromatic heterocycles. The Labute approximate surface area is 165 Å². The molecule has 7 nitrogen and oxygen atoms in total. The first kappa shape index (κ1) is 20.5. The van der Waals surface area contributed by atoms with Crippen molar-refractivity contribution >= 4 is 22.6 Å². The zero-order valence-corrected chi connectivity index (χ0v) is 17.1. The van der Waals surface area contributed by atoms with Crippen molar-refractivity contribution in [2.75, 3.05) is 64.3 Å². The zero-order valence-electron chi connectivity index (χ0n) is 17.1. The molecule has 1 aromatic carbocycles. The van der Waals surface area contributed by atoms with Crippen LogP contribution in [0.1, 0.15) is 19.7 Å². The SMILES string of the molecule is CCN(CC)CCNC(=O)Cc1nc2cc(N3CCN(C)CC3)c(F)cc2[nH]1. The second kappa shape index (κ2) is 9.34. The Bertz CT molecular complexity index is 795. The lowest BCUT2D eigenvalue weighted by Crippen LogP contribution is -2.44. The Kier molecular flexibility index (Phi) is 6.85. The van der Waals surface area contributed by atoms with Crippen molar-refractivity contribution in [1.29, 1.82) is 0 Å². The number of H-pyrrole nitrogens is 1. The zero-order chi connectivity index (χ0) is 20.1. The summed E-state index contributed by atoms with van der Waals surface area (Å²) in [5, 5.41) is 2.93. The van der Waals surface area contributed by atoms with Gasteiger partial charge < -0.3 is 25.0 Å². The summed E-state index contributed by atoms with van der Waals surface area (Å²) in [6.07, 6.45) is 0.165. The third-order valence-corrected chi connectivity index (χ3v) is 5.42. The van der Waals surface area contributed by atoms with Gasteiger partial charge in [-0.05, 0) is 26.2 Å². The highest BCUT2D eigenvalue weighted by Crippen LogP contribution is 2.26. The van der Waals surface area contributed by atoms with Gasteiger partial charge in [0.1, 0.15) is 11.6 Å². The highest BCUT2D eigenvalue weighted by molar-refractivity contribution is 5.82. The largest absolute Gasteiger partial charge is 0.367 e. The van der Waals surface area contributed by atoms with E-state index in [9.17, 15) is 9.18 Å². The predicted octanol–water partition coefficient (Wildman–Crippen LogP) is 1.45. The van der Waals surface area contributed by atoms with Crippen LogP contribution in [0, 0.1) is 5.82 Å². The molecule has 8 heteroatoms. The maximum atomic E-state index is 14.6. The molecule has 0 unspecified atom stereocenters. The maximum absolute atomic E-state index is 14.6. The van der Waals surface area contributed by atoms with Gasteiger partial charge >= 0.3 is 0 Å². The molecule has 28 heavy (non-hydrogen) atoms. The van der Waals surface area contributed by atoms with Gasteiger partial charge in [0, 0.05) is 45.3 Å². The second-order valence-electron chi connectivity index (χ2n) is 7.35. The van der Waals surface area contributed by atoms with Crippen molar-refractivity contribution in [3.63, 3.8) is 0 Å². The van der Waals surface area contributed by atoms with E-state index in [0.717, 1.165) is 45.8 Å². The van der Waals surface area contributed by atoms with Crippen LogP contribution >= 0.6 is 0 Å². The molecular formula is C20H31FN6O. The van der Waals surface area contributed by atoms with Crippen molar-refractivity contribution in [3.8, 4) is 0 Å². The number of likely N-dealkylation sites (N-methyl/N-ethyl adjacent to an activating group) is 2. The van der Waals surface area contributed by atoms with Crippen LogP contribution in [-0.2, 0) is 11.2 Å². The number of hydrogen-bond acceptors (Lipinski definition) is 5. The third-order valence-electron chi connectivity index (χ3n) is 5.42. The molecule has 2 heterocycles. The Morgan fingerprint density at radius 2 is 1.96 bits per heavy atom. The van der Waals surface area contributed by atoms with Gasteiger partial charge in [0.15, 0.2) is 0 Å². The van der Waals surface area contributed by atoms with E-state index in [-0.39, 0.29) is 18.1 Å². The average molecular weight is 391 g/mol. The number of halogens is 1. The van der Waals surface area contributed by atoms with E-state index in [1.807, 2.05) is 0 Å². The number of fused-ring (bicyclic) bond motifs is 1. The minimum atomic E-state index is -0.254. The Balaban J connectivity index is 1.63. The average Bonchev–Trinajstić information content (AvgIpc) is 3.06. The van der Waals surface area contributed by atoms with Gasteiger partial charge in [-0.2, -0.15) is 0 Å². The number of piperazine rings is 1. The molecule has 1 saturated heterocycles. The molecule has 1 amide bonds. The van der Waals surface area contributed by atoms with Crippen LogP contribution in [0.15, 0.2) is 12.1 Å². The van der Waals surface area contributed by atoms with E-state index in [1.165, 1.54) is 6.07 Å². The number of hydrogen-bond donors (Lipinski definition) is 2. The number of nitrogens with one attached hydrogen (secondary N) is 2. The molecular weight excluding hydrogens is 359 g/mol. The molecule has 154 valence electrons. The Hall–Kier alpha value is -2.19. The number of carbonyl (C=O) groups excluding carboxylic acids is 1. The Morgan fingerprint density at radius 3 is 2.64 bits per heavy atom. The fourth-order valence-corrected chi connectivity index (χ4v) is 3.55. The van der Waals surface area contributed by atoms with Crippen LogP contribution in [0.2, 0.25) is 0 Å².